The molecule has 112 valence electrons. The van der Waals surface area contributed by atoms with E-state index in [1.165, 1.54) is 0 Å². The smallest absolute Gasteiger partial charge is 0.227 e. The van der Waals surface area contributed by atoms with Crippen LogP contribution in [0.5, 0.6) is 0 Å². The quantitative estimate of drug-likeness (QED) is 0.496. The third-order valence-corrected chi connectivity index (χ3v) is 3.24. The first-order valence-corrected chi connectivity index (χ1v) is 6.05. The van der Waals surface area contributed by atoms with Gasteiger partial charge in [0.2, 0.25) is 5.91 Å². The molecule has 1 heterocycles. The second kappa shape index (κ2) is 8.79. The summed E-state index contributed by atoms with van der Waals surface area (Å²) in [5, 5.41) is 3.50. The minimum atomic E-state index is -0.00112. The fourth-order valence-electron chi connectivity index (χ4n) is 2.26. The fraction of sp³-hybridized carbons (Fsp3) is 0.385. The first-order chi connectivity index (χ1) is 8.74. The zero-order chi connectivity index (χ0) is 13.0. The molecule has 0 saturated carbocycles. The van der Waals surface area contributed by atoms with Gasteiger partial charge in [0.15, 0.2) is 0 Å². The number of hydrogen-bond donors (Lipinski definition) is 2. The summed E-state index contributed by atoms with van der Waals surface area (Å²) in [4.78, 5) is 13.8. The van der Waals surface area contributed by atoms with Crippen LogP contribution in [0.4, 0.5) is 0 Å². The lowest BCUT2D eigenvalue weighted by Gasteiger charge is -2.16. The summed E-state index contributed by atoms with van der Waals surface area (Å²) in [5.74, 6) is 5.28. The van der Waals surface area contributed by atoms with E-state index >= 15 is 0 Å². The highest BCUT2D eigenvalue weighted by Gasteiger charge is 2.30. The molecular formula is C13H20Cl2N4O. The predicted molar refractivity (Wildman–Crippen MR) is 85.3 cm³/mol. The van der Waals surface area contributed by atoms with Gasteiger partial charge in [-0.1, -0.05) is 18.2 Å². The van der Waals surface area contributed by atoms with Gasteiger partial charge in [0.1, 0.15) is 0 Å². The van der Waals surface area contributed by atoms with Crippen molar-refractivity contribution in [3.05, 3.63) is 35.4 Å². The van der Waals surface area contributed by atoms with Crippen molar-refractivity contribution in [1.82, 2.24) is 4.90 Å². The number of nitrogens with two attached hydrogens (primary N) is 2. The molecule has 0 aliphatic carbocycles. The highest BCUT2D eigenvalue weighted by atomic mass is 35.5. The lowest BCUT2D eigenvalue weighted by atomic mass is 10.1. The maximum atomic E-state index is 12.0. The number of halogens is 2. The van der Waals surface area contributed by atoms with Gasteiger partial charge in [0, 0.05) is 19.6 Å². The summed E-state index contributed by atoms with van der Waals surface area (Å²) in [7, 11) is 0. The van der Waals surface area contributed by atoms with Crippen LogP contribution >= 0.6 is 24.8 Å². The number of hydrazone groups is 1. The van der Waals surface area contributed by atoms with Crippen LogP contribution in [0.15, 0.2) is 29.4 Å². The zero-order valence-corrected chi connectivity index (χ0v) is 12.7. The minimum absolute atomic E-state index is 0. The summed E-state index contributed by atoms with van der Waals surface area (Å²) < 4.78 is 0. The highest BCUT2D eigenvalue weighted by Crippen LogP contribution is 2.19. The van der Waals surface area contributed by atoms with Crippen LogP contribution in [0.2, 0.25) is 0 Å². The largest absolute Gasteiger partial charge is 0.338 e. The number of carbonyl (C=O) groups excluding carboxylic acids is 1. The average Bonchev–Trinajstić information content (AvgIpc) is 2.71. The second-order valence-electron chi connectivity index (χ2n) is 4.50. The van der Waals surface area contributed by atoms with Crippen LogP contribution in [-0.2, 0) is 11.3 Å². The molecule has 1 atom stereocenters. The summed E-state index contributed by atoms with van der Waals surface area (Å²) in [6.45, 7) is 1.85. The van der Waals surface area contributed by atoms with E-state index in [1.807, 2.05) is 29.2 Å². The molecule has 0 unspecified atom stereocenters. The molecule has 0 radical (unpaired) electrons. The van der Waals surface area contributed by atoms with Gasteiger partial charge in [-0.05, 0) is 23.6 Å². The number of nitrogens with zero attached hydrogens (tertiary/aromatic N) is 2. The predicted octanol–water partition coefficient (Wildman–Crippen LogP) is 1.13. The molecular weight excluding hydrogens is 299 g/mol. The van der Waals surface area contributed by atoms with Crippen LogP contribution in [0.3, 0.4) is 0 Å². The molecule has 4 N–H and O–H groups in total. The number of amides is 1. The Labute approximate surface area is 131 Å². The number of carbonyl (C=O) groups is 1. The van der Waals surface area contributed by atoms with Crippen LogP contribution in [-0.4, -0.2) is 30.1 Å². The van der Waals surface area contributed by atoms with E-state index < -0.39 is 0 Å². The molecule has 1 aliphatic heterocycles. The normalized spacial score (nSPS) is 17.9. The lowest BCUT2D eigenvalue weighted by molar-refractivity contribution is -0.131. The van der Waals surface area contributed by atoms with E-state index in [4.69, 9.17) is 11.6 Å². The topological polar surface area (TPSA) is 84.7 Å². The van der Waals surface area contributed by atoms with Gasteiger partial charge in [0.05, 0.1) is 12.1 Å². The second-order valence-corrected chi connectivity index (χ2v) is 4.50. The van der Waals surface area contributed by atoms with E-state index in [0.717, 1.165) is 24.1 Å². The molecule has 1 aliphatic rings. The average molecular weight is 319 g/mol. The van der Waals surface area contributed by atoms with Gasteiger partial charge in [0.25, 0.3) is 0 Å². The third kappa shape index (κ3) is 4.37. The molecule has 1 fully saturated rings. The molecule has 1 saturated heterocycles. The van der Waals surface area contributed by atoms with Crippen molar-refractivity contribution in [3.8, 4) is 0 Å². The van der Waals surface area contributed by atoms with Gasteiger partial charge >= 0.3 is 0 Å². The molecule has 1 aromatic carbocycles. The lowest BCUT2D eigenvalue weighted by Crippen LogP contribution is -2.29. The summed E-state index contributed by atoms with van der Waals surface area (Å²) >= 11 is 0. The molecule has 7 heteroatoms. The Kier molecular flexibility index (Phi) is 8.22. The van der Waals surface area contributed by atoms with Crippen LogP contribution in [0.1, 0.15) is 17.5 Å². The van der Waals surface area contributed by atoms with E-state index in [0.29, 0.717) is 13.1 Å². The van der Waals surface area contributed by atoms with Crippen molar-refractivity contribution in [2.75, 3.05) is 13.1 Å². The summed E-state index contributed by atoms with van der Waals surface area (Å²) in [6.07, 6.45) is 2.46. The minimum Gasteiger partial charge on any atom is -0.338 e. The van der Waals surface area contributed by atoms with Crippen molar-refractivity contribution >= 4 is 36.9 Å². The van der Waals surface area contributed by atoms with E-state index in [1.54, 1.807) is 6.21 Å². The molecule has 5 nitrogen and oxygen atoms in total. The van der Waals surface area contributed by atoms with Crippen LogP contribution < -0.4 is 11.6 Å². The van der Waals surface area contributed by atoms with Gasteiger partial charge in [-0.3, -0.25) is 4.79 Å². The number of rotatable bonds is 4. The van der Waals surface area contributed by atoms with Gasteiger partial charge in [-0.25, -0.2) is 0 Å². The maximum Gasteiger partial charge on any atom is 0.227 e. The SMILES string of the molecule is Cl.Cl.NC[C@@H]1CCN(Cc2cccc(C=NN)c2)C1=O. The third-order valence-electron chi connectivity index (χ3n) is 3.24. The number of benzene rings is 1. The molecule has 0 aromatic heterocycles. The molecule has 1 amide bonds. The van der Waals surface area contributed by atoms with Crippen molar-refractivity contribution in [3.63, 3.8) is 0 Å². The molecule has 20 heavy (non-hydrogen) atoms. The van der Waals surface area contributed by atoms with Crippen LogP contribution in [0, 0.1) is 5.92 Å². The van der Waals surface area contributed by atoms with Gasteiger partial charge < -0.3 is 16.5 Å². The Balaban J connectivity index is 0.00000180. The molecule has 0 spiro atoms. The maximum absolute atomic E-state index is 12.0. The summed E-state index contributed by atoms with van der Waals surface area (Å²) in [6, 6.07) is 7.85. The molecule has 1 aromatic rings. The standard InChI is InChI=1S/C13H18N4O.2ClH/c14-7-12-4-5-17(13(12)18)9-11-3-1-2-10(6-11)8-16-15;;/h1-3,6,8,12H,4-5,7,9,14-15H2;2*1H/t12-;;/m0../s1. The Bertz CT molecular complexity index is 467. The Morgan fingerprint density at radius 2 is 2.15 bits per heavy atom. The Morgan fingerprint density at radius 1 is 1.40 bits per heavy atom. The van der Waals surface area contributed by atoms with Crippen molar-refractivity contribution in [2.24, 2.45) is 22.6 Å². The van der Waals surface area contributed by atoms with Gasteiger partial charge in [-0.15, -0.1) is 24.8 Å². The first-order valence-electron chi connectivity index (χ1n) is 6.05. The van der Waals surface area contributed by atoms with Crippen molar-refractivity contribution in [1.29, 1.82) is 0 Å². The van der Waals surface area contributed by atoms with E-state index in [9.17, 15) is 4.79 Å². The molecule has 0 bridgehead atoms. The van der Waals surface area contributed by atoms with Gasteiger partial charge in [-0.2, -0.15) is 5.10 Å². The monoisotopic (exact) mass is 318 g/mol. The highest BCUT2D eigenvalue weighted by molar-refractivity contribution is 5.85. The first kappa shape index (κ1) is 18.7. The van der Waals surface area contributed by atoms with Crippen molar-refractivity contribution in [2.45, 2.75) is 13.0 Å². The fourth-order valence-corrected chi connectivity index (χ4v) is 2.26. The Hall–Kier alpha value is -1.30. The number of likely N-dealkylation sites (tertiary alicyclic amines) is 1. The summed E-state index contributed by atoms with van der Waals surface area (Å²) in [5.41, 5.74) is 7.59. The molecule has 2 rings (SSSR count). The van der Waals surface area contributed by atoms with E-state index in [2.05, 4.69) is 5.10 Å². The zero-order valence-electron chi connectivity index (χ0n) is 11.1. The number of hydrogen-bond acceptors (Lipinski definition) is 4. The van der Waals surface area contributed by atoms with Crippen molar-refractivity contribution < 1.29 is 4.79 Å². The van der Waals surface area contributed by atoms with E-state index in [-0.39, 0.29) is 36.6 Å². The Morgan fingerprint density at radius 3 is 2.75 bits per heavy atom. The van der Waals surface area contributed by atoms with Crippen LogP contribution in [0.25, 0.3) is 0 Å².